The fourth-order valence-corrected chi connectivity index (χ4v) is 5.94. The lowest BCUT2D eigenvalue weighted by Crippen LogP contribution is -2.44. The van der Waals surface area contributed by atoms with Crippen molar-refractivity contribution in [1.82, 2.24) is 9.88 Å². The summed E-state index contributed by atoms with van der Waals surface area (Å²) in [6.07, 6.45) is 0.202. The lowest BCUT2D eigenvalue weighted by Gasteiger charge is -2.14. The molecule has 1 fully saturated rings. The molecule has 10 heteroatoms. The summed E-state index contributed by atoms with van der Waals surface area (Å²) in [5, 5.41) is 13.6. The van der Waals surface area contributed by atoms with E-state index in [4.69, 9.17) is 9.26 Å². The van der Waals surface area contributed by atoms with Gasteiger partial charge in [0.1, 0.15) is 22.0 Å². The molecule has 29 heavy (non-hydrogen) atoms. The van der Waals surface area contributed by atoms with Gasteiger partial charge in [-0.25, -0.2) is 8.42 Å². The van der Waals surface area contributed by atoms with Crippen LogP contribution in [0.25, 0.3) is 10.6 Å². The summed E-state index contributed by atoms with van der Waals surface area (Å²) in [5.74, 6) is -1.08. The fraction of sp³-hybridized carbons (Fsp3) is 0.263. The third-order valence-electron chi connectivity index (χ3n) is 4.81. The summed E-state index contributed by atoms with van der Waals surface area (Å²) >= 11 is 0.995. The van der Waals surface area contributed by atoms with Crippen LogP contribution in [0.5, 0.6) is 0 Å². The number of thiophene rings is 1. The summed E-state index contributed by atoms with van der Waals surface area (Å²) in [6, 6.07) is 13.7. The molecule has 2 atom stereocenters. The van der Waals surface area contributed by atoms with Crippen molar-refractivity contribution in [3.05, 3.63) is 59.9 Å². The number of nitrogens with one attached hydrogen (secondary N) is 1. The molecule has 0 aliphatic heterocycles. The number of benzene rings is 1. The van der Waals surface area contributed by atoms with Crippen LogP contribution in [-0.2, 0) is 26.2 Å². The topological polar surface area (TPSA) is 119 Å². The number of sulfonamides is 1. The number of aliphatic carboxylic acids is 1. The second kappa shape index (κ2) is 7.38. The molecule has 1 aromatic carbocycles. The Labute approximate surface area is 171 Å². The average molecular weight is 434 g/mol. The summed E-state index contributed by atoms with van der Waals surface area (Å²) in [7, 11) is -2.50. The maximum atomic E-state index is 12.9. The molecule has 2 aromatic heterocycles. The lowest BCUT2D eigenvalue weighted by molar-refractivity contribution is -0.140. The van der Waals surface area contributed by atoms with Crippen molar-refractivity contribution in [1.29, 1.82) is 0 Å². The Kier molecular flexibility index (Phi) is 5.03. The molecule has 2 N–H and O–H groups in total. The van der Waals surface area contributed by atoms with Crippen molar-refractivity contribution < 1.29 is 27.6 Å². The second-order valence-electron chi connectivity index (χ2n) is 6.78. The van der Waals surface area contributed by atoms with Gasteiger partial charge in [0.25, 0.3) is 10.0 Å². The maximum absolute atomic E-state index is 12.9. The third-order valence-corrected chi connectivity index (χ3v) is 7.91. The van der Waals surface area contributed by atoms with E-state index < -0.39 is 27.4 Å². The van der Waals surface area contributed by atoms with Gasteiger partial charge in [-0.3, -0.25) is 4.79 Å². The molecule has 4 rings (SSSR count). The number of hydrogen-bond donors (Lipinski definition) is 2. The molecule has 0 bridgehead atoms. The average Bonchev–Trinajstić information content (AvgIpc) is 3.04. The van der Waals surface area contributed by atoms with Gasteiger partial charge in [-0.1, -0.05) is 35.5 Å². The SMILES string of the molecule is COCc1cc(-c2ccc(S(=O)(=O)N[C@@]3(C(=O)O)C[C@H]3c3ccccc3)s2)no1. The van der Waals surface area contributed by atoms with Crippen molar-refractivity contribution in [3.63, 3.8) is 0 Å². The van der Waals surface area contributed by atoms with Gasteiger partial charge in [0.2, 0.25) is 0 Å². The number of ether oxygens (including phenoxy) is 1. The Morgan fingerprint density at radius 3 is 2.79 bits per heavy atom. The van der Waals surface area contributed by atoms with E-state index in [1.807, 2.05) is 6.07 Å². The quantitative estimate of drug-likeness (QED) is 0.559. The minimum Gasteiger partial charge on any atom is -0.480 e. The van der Waals surface area contributed by atoms with E-state index in [0.717, 1.165) is 16.9 Å². The Morgan fingerprint density at radius 1 is 1.34 bits per heavy atom. The van der Waals surface area contributed by atoms with E-state index in [0.29, 0.717) is 16.3 Å². The van der Waals surface area contributed by atoms with Crippen LogP contribution in [-0.4, -0.2) is 37.3 Å². The molecule has 0 amide bonds. The Balaban J connectivity index is 1.57. The van der Waals surface area contributed by atoms with Gasteiger partial charge in [0, 0.05) is 19.1 Å². The van der Waals surface area contributed by atoms with Crippen LogP contribution in [0.15, 0.2) is 57.3 Å². The largest absolute Gasteiger partial charge is 0.480 e. The van der Waals surface area contributed by atoms with Gasteiger partial charge >= 0.3 is 5.97 Å². The number of nitrogens with zero attached hydrogens (tertiary/aromatic N) is 1. The van der Waals surface area contributed by atoms with Gasteiger partial charge in [0.15, 0.2) is 5.76 Å². The van der Waals surface area contributed by atoms with Crippen molar-refractivity contribution in [2.45, 2.75) is 28.7 Å². The molecule has 152 valence electrons. The summed E-state index contributed by atoms with van der Waals surface area (Å²) in [4.78, 5) is 12.5. The number of carboxylic acid groups (broad SMARTS) is 1. The standard InChI is InChI=1S/C19H18N2O6S2/c1-26-11-13-9-15(20-27-13)16-7-8-17(28-16)29(24,25)21-19(18(22)23)10-14(19)12-5-3-2-4-6-12/h2-9,14,21H,10-11H2,1H3,(H,22,23)/t14-,19-/m0/s1. The number of carboxylic acids is 1. The van der Waals surface area contributed by atoms with Crippen molar-refractivity contribution in [3.8, 4) is 10.6 Å². The molecule has 1 saturated carbocycles. The first-order valence-corrected chi connectivity index (χ1v) is 11.0. The zero-order valence-corrected chi connectivity index (χ0v) is 17.0. The number of rotatable bonds is 8. The molecular formula is C19H18N2O6S2. The van der Waals surface area contributed by atoms with Crippen LogP contribution >= 0.6 is 11.3 Å². The van der Waals surface area contributed by atoms with E-state index in [-0.39, 0.29) is 17.2 Å². The normalized spacial score (nSPS) is 21.2. The van der Waals surface area contributed by atoms with Crippen LogP contribution in [0.2, 0.25) is 0 Å². The summed E-state index contributed by atoms with van der Waals surface area (Å²) < 4.78 is 38.3. The van der Waals surface area contributed by atoms with Crippen molar-refractivity contribution in [2.75, 3.05) is 7.11 Å². The Hall–Kier alpha value is -2.53. The highest BCUT2D eigenvalue weighted by Crippen LogP contribution is 2.52. The number of aromatic nitrogens is 1. The molecule has 1 aliphatic rings. The Bertz CT molecular complexity index is 1140. The number of hydrogen-bond acceptors (Lipinski definition) is 7. The fourth-order valence-electron chi connectivity index (χ4n) is 3.28. The monoisotopic (exact) mass is 434 g/mol. The molecule has 2 heterocycles. The molecule has 8 nitrogen and oxygen atoms in total. The van der Waals surface area contributed by atoms with Gasteiger partial charge in [-0.15, -0.1) is 11.3 Å². The van der Waals surface area contributed by atoms with Gasteiger partial charge < -0.3 is 14.4 Å². The second-order valence-corrected chi connectivity index (χ2v) is 9.77. The van der Waals surface area contributed by atoms with Gasteiger partial charge in [-0.2, -0.15) is 4.72 Å². The first kappa shape index (κ1) is 19.8. The van der Waals surface area contributed by atoms with E-state index in [9.17, 15) is 18.3 Å². The summed E-state index contributed by atoms with van der Waals surface area (Å²) in [5.41, 5.74) is -0.257. The van der Waals surface area contributed by atoms with E-state index in [1.165, 1.54) is 13.2 Å². The minimum absolute atomic E-state index is 0.0168. The van der Waals surface area contributed by atoms with Gasteiger partial charge in [-0.05, 0) is 24.1 Å². The van der Waals surface area contributed by atoms with Crippen molar-refractivity contribution in [2.24, 2.45) is 0 Å². The van der Waals surface area contributed by atoms with E-state index in [1.54, 1.807) is 36.4 Å². The minimum atomic E-state index is -4.03. The Morgan fingerprint density at radius 2 is 2.10 bits per heavy atom. The highest BCUT2D eigenvalue weighted by molar-refractivity contribution is 7.91. The molecule has 0 unspecified atom stereocenters. The zero-order valence-electron chi connectivity index (χ0n) is 15.4. The third kappa shape index (κ3) is 3.71. The van der Waals surface area contributed by atoms with E-state index >= 15 is 0 Å². The van der Waals surface area contributed by atoms with Crippen molar-refractivity contribution >= 4 is 27.3 Å². The molecule has 0 radical (unpaired) electrons. The molecule has 1 aliphatic carbocycles. The lowest BCUT2D eigenvalue weighted by atomic mass is 10.1. The predicted molar refractivity (Wildman–Crippen MR) is 105 cm³/mol. The van der Waals surface area contributed by atoms with Crippen LogP contribution in [0.3, 0.4) is 0 Å². The maximum Gasteiger partial charge on any atom is 0.325 e. The van der Waals surface area contributed by atoms with Crippen LogP contribution in [0, 0.1) is 0 Å². The smallest absolute Gasteiger partial charge is 0.325 e. The number of methoxy groups -OCH3 is 1. The first-order valence-electron chi connectivity index (χ1n) is 8.73. The van der Waals surface area contributed by atoms with Crippen LogP contribution in [0.1, 0.15) is 23.7 Å². The molecular weight excluding hydrogens is 416 g/mol. The predicted octanol–water partition coefficient (Wildman–Crippen LogP) is 2.84. The van der Waals surface area contributed by atoms with E-state index in [2.05, 4.69) is 9.88 Å². The zero-order chi connectivity index (χ0) is 20.6. The van der Waals surface area contributed by atoms with Crippen LogP contribution in [0.4, 0.5) is 0 Å². The highest BCUT2D eigenvalue weighted by Gasteiger charge is 2.63. The molecule has 0 saturated heterocycles. The molecule has 3 aromatic rings. The van der Waals surface area contributed by atoms with Crippen LogP contribution < -0.4 is 4.72 Å². The first-order chi connectivity index (χ1) is 13.9. The molecule has 0 spiro atoms. The van der Waals surface area contributed by atoms with Gasteiger partial charge in [0.05, 0.1) is 4.88 Å². The highest BCUT2D eigenvalue weighted by atomic mass is 32.2. The summed E-state index contributed by atoms with van der Waals surface area (Å²) in [6.45, 7) is 0.257. The number of carbonyl (C=O) groups is 1.